The van der Waals surface area contributed by atoms with E-state index in [-0.39, 0.29) is 23.1 Å². The Morgan fingerprint density at radius 1 is 0.839 bits per heavy atom. The summed E-state index contributed by atoms with van der Waals surface area (Å²) in [7, 11) is 0. The van der Waals surface area contributed by atoms with E-state index in [9.17, 15) is 14.4 Å². The fraction of sp³-hybridized carbons (Fsp3) is 0.640. The highest BCUT2D eigenvalue weighted by Gasteiger charge is 2.65. The molecule has 3 heterocycles. The second kappa shape index (κ2) is 7.64. The standard InChI is InChI=1S/C25H33N3O3/c1-19(29)28-17-21-24(9-10-25(21,18-28)23(31)27-13-5-6-14-27)11-15-26(16-12-24)22(30)20-7-3-2-4-8-20/h2-4,7-8,21H,5-6,9-18H2,1H3/t21-,25+/m0/s1. The monoisotopic (exact) mass is 423 g/mol. The third-order valence-electron chi connectivity index (χ3n) is 8.68. The number of carbonyl (C=O) groups is 3. The molecule has 1 aromatic rings. The van der Waals surface area contributed by atoms with Crippen LogP contribution >= 0.6 is 0 Å². The number of hydrogen-bond acceptors (Lipinski definition) is 3. The lowest BCUT2D eigenvalue weighted by atomic mass is 9.65. The fourth-order valence-corrected chi connectivity index (χ4v) is 6.91. The number of rotatable bonds is 2. The lowest BCUT2D eigenvalue weighted by Crippen LogP contribution is -2.50. The smallest absolute Gasteiger partial charge is 0.253 e. The molecule has 6 heteroatoms. The van der Waals surface area contributed by atoms with Gasteiger partial charge in [0, 0.05) is 51.8 Å². The maximum Gasteiger partial charge on any atom is 0.253 e. The number of likely N-dealkylation sites (tertiary alicyclic amines) is 3. The van der Waals surface area contributed by atoms with Gasteiger partial charge >= 0.3 is 0 Å². The average molecular weight is 424 g/mol. The molecule has 4 fully saturated rings. The van der Waals surface area contributed by atoms with Crippen LogP contribution in [0.4, 0.5) is 0 Å². The van der Waals surface area contributed by atoms with Crippen molar-refractivity contribution in [2.24, 2.45) is 16.7 Å². The molecule has 0 bridgehead atoms. The lowest BCUT2D eigenvalue weighted by molar-refractivity contribution is -0.143. The Bertz CT molecular complexity index is 871. The molecule has 1 aromatic carbocycles. The Kier molecular flexibility index (Phi) is 5.06. The van der Waals surface area contributed by atoms with Crippen LogP contribution in [0.3, 0.4) is 0 Å². The van der Waals surface area contributed by atoms with Crippen LogP contribution in [0, 0.1) is 16.7 Å². The van der Waals surface area contributed by atoms with Crippen LogP contribution in [0.2, 0.25) is 0 Å². The van der Waals surface area contributed by atoms with Gasteiger partial charge in [-0.05, 0) is 62.0 Å². The van der Waals surface area contributed by atoms with Gasteiger partial charge < -0.3 is 14.7 Å². The zero-order valence-corrected chi connectivity index (χ0v) is 18.5. The lowest BCUT2D eigenvalue weighted by Gasteiger charge is -2.44. The van der Waals surface area contributed by atoms with Gasteiger partial charge in [0.2, 0.25) is 11.8 Å². The van der Waals surface area contributed by atoms with Gasteiger partial charge in [-0.25, -0.2) is 0 Å². The van der Waals surface area contributed by atoms with Crippen molar-refractivity contribution in [1.82, 2.24) is 14.7 Å². The van der Waals surface area contributed by atoms with Crippen LogP contribution in [0.15, 0.2) is 30.3 Å². The van der Waals surface area contributed by atoms with Gasteiger partial charge in [-0.1, -0.05) is 18.2 Å². The highest BCUT2D eigenvalue weighted by Crippen LogP contribution is 2.62. The molecular weight excluding hydrogens is 390 g/mol. The van der Waals surface area contributed by atoms with Crippen LogP contribution < -0.4 is 0 Å². The zero-order chi connectivity index (χ0) is 21.6. The molecule has 0 aromatic heterocycles. The number of hydrogen-bond donors (Lipinski definition) is 0. The van der Waals surface area contributed by atoms with Crippen molar-refractivity contribution in [3.8, 4) is 0 Å². The van der Waals surface area contributed by atoms with E-state index >= 15 is 0 Å². The molecule has 3 amide bonds. The van der Waals surface area contributed by atoms with Gasteiger partial charge in [-0.15, -0.1) is 0 Å². The van der Waals surface area contributed by atoms with Gasteiger partial charge in [0.25, 0.3) is 5.91 Å². The summed E-state index contributed by atoms with van der Waals surface area (Å²) in [5.74, 6) is 0.684. The molecular formula is C25H33N3O3. The van der Waals surface area contributed by atoms with Crippen LogP contribution in [-0.2, 0) is 9.59 Å². The molecule has 31 heavy (non-hydrogen) atoms. The molecule has 1 aliphatic carbocycles. The van der Waals surface area contributed by atoms with Crippen molar-refractivity contribution in [3.05, 3.63) is 35.9 Å². The quantitative estimate of drug-likeness (QED) is 0.735. The van der Waals surface area contributed by atoms with Crippen LogP contribution in [0.1, 0.15) is 55.8 Å². The van der Waals surface area contributed by atoms with Crippen molar-refractivity contribution in [2.75, 3.05) is 39.3 Å². The van der Waals surface area contributed by atoms with E-state index in [0.717, 1.165) is 70.3 Å². The third-order valence-corrected chi connectivity index (χ3v) is 8.68. The van der Waals surface area contributed by atoms with Gasteiger partial charge in [0.1, 0.15) is 0 Å². The molecule has 0 unspecified atom stereocenters. The summed E-state index contributed by atoms with van der Waals surface area (Å²) in [6.07, 6.45) is 5.95. The first-order chi connectivity index (χ1) is 15.0. The highest BCUT2D eigenvalue weighted by atomic mass is 16.2. The van der Waals surface area contributed by atoms with E-state index in [4.69, 9.17) is 0 Å². The van der Waals surface area contributed by atoms with Crippen molar-refractivity contribution in [3.63, 3.8) is 0 Å². The summed E-state index contributed by atoms with van der Waals surface area (Å²) in [4.78, 5) is 44.9. The van der Waals surface area contributed by atoms with Crippen LogP contribution in [0.5, 0.6) is 0 Å². The SMILES string of the molecule is CC(=O)N1C[C@H]2C3(CCN(C(=O)c4ccccc4)CC3)CC[C@@]2(C(=O)N2CCCC2)C1. The topological polar surface area (TPSA) is 60.9 Å². The fourth-order valence-electron chi connectivity index (χ4n) is 6.91. The normalized spacial score (nSPS) is 29.5. The van der Waals surface area contributed by atoms with Crippen LogP contribution in [-0.4, -0.2) is 71.7 Å². The molecule has 166 valence electrons. The van der Waals surface area contributed by atoms with E-state index in [2.05, 4.69) is 4.90 Å². The zero-order valence-electron chi connectivity index (χ0n) is 18.5. The maximum absolute atomic E-state index is 13.7. The first kappa shape index (κ1) is 20.5. The molecule has 1 saturated carbocycles. The summed E-state index contributed by atoms with van der Waals surface area (Å²) in [6.45, 7) is 6.09. The van der Waals surface area contributed by atoms with Crippen LogP contribution in [0.25, 0.3) is 0 Å². The minimum atomic E-state index is -0.415. The maximum atomic E-state index is 13.7. The Labute approximate surface area is 184 Å². The summed E-state index contributed by atoms with van der Waals surface area (Å²) < 4.78 is 0. The first-order valence-corrected chi connectivity index (χ1v) is 11.8. The summed E-state index contributed by atoms with van der Waals surface area (Å²) >= 11 is 0. The molecule has 1 spiro atoms. The largest absolute Gasteiger partial charge is 0.342 e. The second-order valence-electron chi connectivity index (χ2n) is 10.1. The average Bonchev–Trinajstić information content (AvgIpc) is 3.52. The molecule has 3 saturated heterocycles. The number of amides is 3. The predicted molar refractivity (Wildman–Crippen MR) is 117 cm³/mol. The van der Waals surface area contributed by atoms with Gasteiger partial charge in [0.15, 0.2) is 0 Å². The summed E-state index contributed by atoms with van der Waals surface area (Å²) in [5.41, 5.74) is 0.390. The number of carbonyl (C=O) groups excluding carboxylic acids is 3. The van der Waals surface area contributed by atoms with E-state index in [1.54, 1.807) is 6.92 Å². The minimum Gasteiger partial charge on any atom is -0.342 e. The molecule has 5 rings (SSSR count). The Morgan fingerprint density at radius 3 is 2.16 bits per heavy atom. The van der Waals surface area contributed by atoms with Gasteiger partial charge in [0.05, 0.1) is 5.41 Å². The Balaban J connectivity index is 1.36. The third kappa shape index (κ3) is 3.26. The predicted octanol–water partition coefficient (Wildman–Crippen LogP) is 2.79. The molecule has 4 aliphatic rings. The molecule has 3 aliphatic heterocycles. The summed E-state index contributed by atoms with van der Waals surface area (Å²) in [6, 6.07) is 9.50. The number of piperidine rings is 1. The second-order valence-corrected chi connectivity index (χ2v) is 10.1. The highest BCUT2D eigenvalue weighted by molar-refractivity contribution is 5.94. The van der Waals surface area contributed by atoms with Crippen molar-refractivity contribution in [1.29, 1.82) is 0 Å². The number of benzene rings is 1. The number of fused-ring (bicyclic) bond motifs is 2. The first-order valence-electron chi connectivity index (χ1n) is 11.8. The Hall–Kier alpha value is -2.37. The van der Waals surface area contributed by atoms with Gasteiger partial charge in [-0.2, -0.15) is 0 Å². The van der Waals surface area contributed by atoms with Gasteiger partial charge in [-0.3, -0.25) is 14.4 Å². The van der Waals surface area contributed by atoms with E-state index in [1.807, 2.05) is 40.1 Å². The Morgan fingerprint density at radius 2 is 1.52 bits per heavy atom. The molecule has 2 atom stereocenters. The molecule has 0 N–H and O–H groups in total. The van der Waals surface area contributed by atoms with E-state index in [1.165, 1.54) is 0 Å². The number of nitrogens with zero attached hydrogens (tertiary/aromatic N) is 3. The van der Waals surface area contributed by atoms with Crippen molar-refractivity contribution >= 4 is 17.7 Å². The molecule has 0 radical (unpaired) electrons. The minimum absolute atomic E-state index is 0.0626. The van der Waals surface area contributed by atoms with Crippen molar-refractivity contribution < 1.29 is 14.4 Å². The van der Waals surface area contributed by atoms with E-state index in [0.29, 0.717) is 19.0 Å². The van der Waals surface area contributed by atoms with E-state index < -0.39 is 5.41 Å². The van der Waals surface area contributed by atoms with Crippen molar-refractivity contribution in [2.45, 2.75) is 45.4 Å². The summed E-state index contributed by atoms with van der Waals surface area (Å²) in [5, 5.41) is 0. The molecule has 6 nitrogen and oxygen atoms in total.